The van der Waals surface area contributed by atoms with E-state index in [1.54, 1.807) is 35.0 Å². The van der Waals surface area contributed by atoms with Crippen LogP contribution in [0.1, 0.15) is 24.8 Å². The molecule has 2 aromatic heterocycles. The zero-order chi connectivity index (χ0) is 15.4. The predicted molar refractivity (Wildman–Crippen MR) is 83.7 cm³/mol. The molecule has 0 aliphatic carbocycles. The number of hydrogen-bond donors (Lipinski definition) is 0. The quantitative estimate of drug-likeness (QED) is 0.848. The van der Waals surface area contributed by atoms with E-state index in [1.807, 2.05) is 12.1 Å². The molecular weight excluding hydrogens is 298 g/mol. The van der Waals surface area contributed by atoms with Crippen LogP contribution in [-0.4, -0.2) is 35.3 Å². The molecule has 6 heteroatoms. The highest BCUT2D eigenvalue weighted by molar-refractivity contribution is 7.89. The van der Waals surface area contributed by atoms with Crippen molar-refractivity contribution in [2.75, 3.05) is 6.54 Å². The molecule has 116 valence electrons. The van der Waals surface area contributed by atoms with Gasteiger partial charge in [0.05, 0.1) is 0 Å². The number of aryl methyl sites for hydroxylation is 1. The number of rotatable bonds is 5. The number of nitrogens with zero attached hydrogens (tertiary/aromatic N) is 3. The lowest BCUT2D eigenvalue weighted by molar-refractivity contribution is 0.370. The smallest absolute Gasteiger partial charge is 0.244 e. The maximum absolute atomic E-state index is 12.7. The fraction of sp³-hybridized carbons (Fsp3) is 0.375. The lowest BCUT2D eigenvalue weighted by Gasteiger charge is -2.24. The van der Waals surface area contributed by atoms with E-state index in [2.05, 4.69) is 9.97 Å². The van der Waals surface area contributed by atoms with E-state index in [0.717, 1.165) is 25.7 Å². The van der Waals surface area contributed by atoms with E-state index in [0.29, 0.717) is 6.54 Å². The second-order valence-electron chi connectivity index (χ2n) is 5.49. The summed E-state index contributed by atoms with van der Waals surface area (Å²) >= 11 is 0. The van der Waals surface area contributed by atoms with E-state index >= 15 is 0 Å². The summed E-state index contributed by atoms with van der Waals surface area (Å²) in [6, 6.07) is 7.30. The summed E-state index contributed by atoms with van der Waals surface area (Å²) < 4.78 is 27.1. The second-order valence-corrected chi connectivity index (χ2v) is 7.39. The molecule has 1 saturated heterocycles. The second kappa shape index (κ2) is 6.54. The molecule has 1 fully saturated rings. The Kier molecular flexibility index (Phi) is 4.49. The first-order valence-corrected chi connectivity index (χ1v) is 8.93. The average Bonchev–Trinajstić information content (AvgIpc) is 3.04. The van der Waals surface area contributed by atoms with Gasteiger partial charge in [0.15, 0.2) is 0 Å². The Balaban J connectivity index is 1.73. The molecule has 1 aliphatic rings. The van der Waals surface area contributed by atoms with E-state index in [-0.39, 0.29) is 10.9 Å². The molecule has 3 heterocycles. The molecule has 22 heavy (non-hydrogen) atoms. The lowest BCUT2D eigenvalue weighted by atomic mass is 10.1. The minimum atomic E-state index is -3.43. The van der Waals surface area contributed by atoms with Crippen molar-refractivity contribution < 1.29 is 8.42 Å². The zero-order valence-electron chi connectivity index (χ0n) is 12.3. The van der Waals surface area contributed by atoms with Crippen LogP contribution >= 0.6 is 0 Å². The molecule has 0 unspecified atom stereocenters. The standard InChI is InChI=1S/C16H19N3O2S/c20-22(21,16-4-1-9-18-13-16)19-12-2-3-15(19)6-5-14-7-10-17-11-8-14/h1,4,7-11,13,15H,2-3,5-6,12H2/t15-/m0/s1. The topological polar surface area (TPSA) is 63.2 Å². The first-order valence-electron chi connectivity index (χ1n) is 7.49. The molecule has 3 rings (SSSR count). The van der Waals surface area contributed by atoms with Gasteiger partial charge in [-0.1, -0.05) is 0 Å². The van der Waals surface area contributed by atoms with Crippen molar-refractivity contribution in [3.05, 3.63) is 54.6 Å². The van der Waals surface area contributed by atoms with Crippen LogP contribution in [-0.2, 0) is 16.4 Å². The molecule has 2 aromatic rings. The fourth-order valence-electron chi connectivity index (χ4n) is 2.93. The maximum atomic E-state index is 12.7. The highest BCUT2D eigenvalue weighted by atomic mass is 32.2. The normalized spacial score (nSPS) is 19.4. The van der Waals surface area contributed by atoms with Gasteiger partial charge >= 0.3 is 0 Å². The molecule has 0 amide bonds. The van der Waals surface area contributed by atoms with Crippen LogP contribution < -0.4 is 0 Å². The van der Waals surface area contributed by atoms with Gasteiger partial charge in [-0.05, 0) is 55.5 Å². The average molecular weight is 317 g/mol. The van der Waals surface area contributed by atoms with Gasteiger partial charge in [-0.3, -0.25) is 9.97 Å². The summed E-state index contributed by atoms with van der Waals surface area (Å²) in [7, 11) is -3.43. The van der Waals surface area contributed by atoms with Crippen LogP contribution in [0.4, 0.5) is 0 Å². The van der Waals surface area contributed by atoms with Crippen molar-refractivity contribution in [3.63, 3.8) is 0 Å². The van der Waals surface area contributed by atoms with Gasteiger partial charge in [-0.25, -0.2) is 8.42 Å². The third-order valence-electron chi connectivity index (χ3n) is 4.08. The summed E-state index contributed by atoms with van der Waals surface area (Å²) in [4.78, 5) is 8.22. The summed E-state index contributed by atoms with van der Waals surface area (Å²) in [6.07, 6.45) is 10.1. The molecule has 5 nitrogen and oxygen atoms in total. The first kappa shape index (κ1) is 15.1. The maximum Gasteiger partial charge on any atom is 0.244 e. The Hall–Kier alpha value is -1.79. The Bertz CT molecular complexity index is 705. The largest absolute Gasteiger partial charge is 0.265 e. The summed E-state index contributed by atoms with van der Waals surface area (Å²) in [5.41, 5.74) is 1.20. The molecule has 0 N–H and O–H groups in total. The van der Waals surface area contributed by atoms with Crippen molar-refractivity contribution in [1.29, 1.82) is 0 Å². The fourth-order valence-corrected chi connectivity index (χ4v) is 4.62. The Morgan fingerprint density at radius 2 is 1.95 bits per heavy atom. The predicted octanol–water partition coefficient (Wildman–Crippen LogP) is 2.26. The van der Waals surface area contributed by atoms with Gasteiger partial charge in [0.1, 0.15) is 4.90 Å². The van der Waals surface area contributed by atoms with Crippen LogP contribution in [0.5, 0.6) is 0 Å². The van der Waals surface area contributed by atoms with E-state index in [1.165, 1.54) is 11.8 Å². The molecule has 0 bridgehead atoms. The Morgan fingerprint density at radius 3 is 2.68 bits per heavy atom. The van der Waals surface area contributed by atoms with Crippen LogP contribution in [0.25, 0.3) is 0 Å². The van der Waals surface area contributed by atoms with Gasteiger partial charge in [0.2, 0.25) is 10.0 Å². The summed E-state index contributed by atoms with van der Waals surface area (Å²) in [5, 5.41) is 0. The van der Waals surface area contributed by atoms with Crippen LogP contribution in [0.15, 0.2) is 53.9 Å². The lowest BCUT2D eigenvalue weighted by Crippen LogP contribution is -2.35. The van der Waals surface area contributed by atoms with E-state index < -0.39 is 10.0 Å². The van der Waals surface area contributed by atoms with Crippen molar-refractivity contribution in [3.8, 4) is 0 Å². The highest BCUT2D eigenvalue weighted by Crippen LogP contribution is 2.28. The number of sulfonamides is 1. The van der Waals surface area contributed by atoms with Gasteiger partial charge in [0.25, 0.3) is 0 Å². The molecule has 0 aromatic carbocycles. The van der Waals surface area contributed by atoms with Crippen molar-refractivity contribution in [2.24, 2.45) is 0 Å². The SMILES string of the molecule is O=S(=O)(c1cccnc1)N1CCC[C@H]1CCc1ccncc1. The zero-order valence-corrected chi connectivity index (χ0v) is 13.1. The van der Waals surface area contributed by atoms with Gasteiger partial charge in [-0.2, -0.15) is 4.31 Å². The molecule has 0 radical (unpaired) electrons. The van der Waals surface area contributed by atoms with Gasteiger partial charge < -0.3 is 0 Å². The monoisotopic (exact) mass is 317 g/mol. The third-order valence-corrected chi connectivity index (χ3v) is 6.02. The molecular formula is C16H19N3O2S. The third kappa shape index (κ3) is 3.18. The van der Waals surface area contributed by atoms with E-state index in [4.69, 9.17) is 0 Å². The Labute approximate surface area is 131 Å². The highest BCUT2D eigenvalue weighted by Gasteiger charge is 2.34. The van der Waals surface area contributed by atoms with Crippen LogP contribution in [0.2, 0.25) is 0 Å². The van der Waals surface area contributed by atoms with Crippen molar-refractivity contribution >= 4 is 10.0 Å². The van der Waals surface area contributed by atoms with Crippen molar-refractivity contribution in [2.45, 2.75) is 36.6 Å². The molecule has 0 saturated carbocycles. The minimum Gasteiger partial charge on any atom is -0.265 e. The van der Waals surface area contributed by atoms with Gasteiger partial charge in [-0.15, -0.1) is 0 Å². The Morgan fingerprint density at radius 1 is 1.14 bits per heavy atom. The number of aromatic nitrogens is 2. The molecule has 1 aliphatic heterocycles. The van der Waals surface area contributed by atoms with E-state index in [9.17, 15) is 8.42 Å². The van der Waals surface area contributed by atoms with Crippen LogP contribution in [0.3, 0.4) is 0 Å². The minimum absolute atomic E-state index is 0.0679. The number of pyridine rings is 2. The van der Waals surface area contributed by atoms with Crippen LogP contribution in [0, 0.1) is 0 Å². The summed E-state index contributed by atoms with van der Waals surface area (Å²) in [6.45, 7) is 0.595. The summed E-state index contributed by atoms with van der Waals surface area (Å²) in [5.74, 6) is 0. The van der Waals surface area contributed by atoms with Gasteiger partial charge in [0, 0.05) is 37.4 Å². The van der Waals surface area contributed by atoms with Crippen molar-refractivity contribution in [1.82, 2.24) is 14.3 Å². The molecule has 1 atom stereocenters. The first-order chi connectivity index (χ1) is 10.7. The number of hydrogen-bond acceptors (Lipinski definition) is 4. The molecule has 0 spiro atoms.